The molecule has 0 spiro atoms. The molecule has 3 atom stereocenters. The highest BCUT2D eigenvalue weighted by atomic mass is 14.4. The second-order valence-electron chi connectivity index (χ2n) is 4.10. The molecule has 0 radical (unpaired) electrons. The van der Waals surface area contributed by atoms with Crippen LogP contribution >= 0.6 is 0 Å². The predicted octanol–water partition coefficient (Wildman–Crippen LogP) is 3.00. The maximum absolute atomic E-state index is 2.51. The summed E-state index contributed by atoms with van der Waals surface area (Å²) in [5.74, 6) is 2.99. The van der Waals surface area contributed by atoms with Crippen molar-refractivity contribution in [2.45, 2.75) is 33.1 Å². The fourth-order valence-electron chi connectivity index (χ4n) is 2.67. The molecule has 1 fully saturated rings. The molecule has 10 heavy (non-hydrogen) atoms. The zero-order valence-corrected chi connectivity index (χ0v) is 6.93. The van der Waals surface area contributed by atoms with Gasteiger partial charge in [0, 0.05) is 0 Å². The highest BCUT2D eigenvalue weighted by molar-refractivity contribution is 5.14. The van der Waals surface area contributed by atoms with Crippen molar-refractivity contribution in [3.63, 3.8) is 0 Å². The zero-order chi connectivity index (χ0) is 7.14. The van der Waals surface area contributed by atoms with Crippen molar-refractivity contribution in [3.05, 3.63) is 11.6 Å². The zero-order valence-electron chi connectivity index (χ0n) is 6.93. The summed E-state index contributed by atoms with van der Waals surface area (Å²) in [6.07, 6.45) is 6.84. The van der Waals surface area contributed by atoms with Gasteiger partial charge in [-0.3, -0.25) is 0 Å². The van der Waals surface area contributed by atoms with Crippen molar-refractivity contribution in [2.24, 2.45) is 17.8 Å². The molecule has 0 aromatic carbocycles. The first kappa shape index (κ1) is 6.45. The molecule has 2 unspecified atom stereocenters. The van der Waals surface area contributed by atoms with Crippen molar-refractivity contribution < 1.29 is 0 Å². The molecular formula is C10H16. The van der Waals surface area contributed by atoms with E-state index in [1.165, 1.54) is 19.3 Å². The third-order valence-corrected chi connectivity index (χ3v) is 3.29. The molecule has 0 amide bonds. The van der Waals surface area contributed by atoms with Gasteiger partial charge in [0.1, 0.15) is 0 Å². The average molecular weight is 136 g/mol. The first-order valence-electron chi connectivity index (χ1n) is 4.44. The fourth-order valence-corrected chi connectivity index (χ4v) is 2.67. The lowest BCUT2D eigenvalue weighted by atomic mass is 9.92. The van der Waals surface area contributed by atoms with Crippen LogP contribution in [0.15, 0.2) is 11.6 Å². The molecule has 0 aromatic heterocycles. The van der Waals surface area contributed by atoms with Crippen LogP contribution in [0.1, 0.15) is 33.1 Å². The van der Waals surface area contributed by atoms with Crippen molar-refractivity contribution in [3.8, 4) is 0 Å². The Morgan fingerprint density at radius 3 is 2.90 bits per heavy atom. The minimum Gasteiger partial charge on any atom is -0.0822 e. The van der Waals surface area contributed by atoms with E-state index in [1.54, 1.807) is 5.57 Å². The van der Waals surface area contributed by atoms with Gasteiger partial charge in [-0.1, -0.05) is 18.6 Å². The van der Waals surface area contributed by atoms with Crippen molar-refractivity contribution in [2.75, 3.05) is 0 Å². The highest BCUT2D eigenvalue weighted by Gasteiger charge is 2.35. The van der Waals surface area contributed by atoms with Gasteiger partial charge in [-0.15, -0.1) is 0 Å². The van der Waals surface area contributed by atoms with Crippen LogP contribution in [0.25, 0.3) is 0 Å². The van der Waals surface area contributed by atoms with Crippen LogP contribution in [-0.4, -0.2) is 0 Å². The first-order chi connectivity index (χ1) is 4.77. The Balaban J connectivity index is 2.14. The summed E-state index contributed by atoms with van der Waals surface area (Å²) < 4.78 is 0. The van der Waals surface area contributed by atoms with E-state index in [2.05, 4.69) is 19.9 Å². The van der Waals surface area contributed by atoms with Gasteiger partial charge in [0.25, 0.3) is 0 Å². The van der Waals surface area contributed by atoms with E-state index in [1.807, 2.05) is 0 Å². The summed E-state index contributed by atoms with van der Waals surface area (Å²) in [5.41, 5.74) is 1.64. The maximum atomic E-state index is 2.51. The SMILES string of the molecule is CC1=C[C@@H]2CCC(C)C2C1. The molecule has 0 heteroatoms. The minimum atomic E-state index is 0.968. The van der Waals surface area contributed by atoms with Crippen LogP contribution in [0.3, 0.4) is 0 Å². The van der Waals surface area contributed by atoms with Crippen molar-refractivity contribution in [1.82, 2.24) is 0 Å². The molecule has 0 bridgehead atoms. The van der Waals surface area contributed by atoms with Crippen molar-refractivity contribution >= 4 is 0 Å². The Bertz CT molecular complexity index is 167. The topological polar surface area (TPSA) is 0 Å². The molecule has 2 rings (SSSR count). The fraction of sp³-hybridized carbons (Fsp3) is 0.800. The molecule has 0 saturated heterocycles. The maximum Gasteiger partial charge on any atom is -0.0197 e. The van der Waals surface area contributed by atoms with Crippen LogP contribution in [0.5, 0.6) is 0 Å². The van der Waals surface area contributed by atoms with Crippen LogP contribution in [0, 0.1) is 17.8 Å². The number of allylic oxidation sites excluding steroid dienone is 2. The van der Waals surface area contributed by atoms with E-state index in [0.29, 0.717) is 0 Å². The lowest BCUT2D eigenvalue weighted by molar-refractivity contribution is 0.391. The van der Waals surface area contributed by atoms with E-state index in [9.17, 15) is 0 Å². The molecule has 0 nitrogen and oxygen atoms in total. The second-order valence-corrected chi connectivity index (χ2v) is 4.10. The van der Waals surface area contributed by atoms with E-state index >= 15 is 0 Å². The molecule has 1 saturated carbocycles. The van der Waals surface area contributed by atoms with E-state index in [0.717, 1.165) is 17.8 Å². The van der Waals surface area contributed by atoms with E-state index in [-0.39, 0.29) is 0 Å². The Labute approximate surface area is 63.3 Å². The number of hydrogen-bond acceptors (Lipinski definition) is 0. The summed E-state index contributed by atoms with van der Waals surface area (Å²) in [4.78, 5) is 0. The quantitative estimate of drug-likeness (QED) is 0.449. The molecule has 56 valence electrons. The Hall–Kier alpha value is -0.260. The summed E-state index contributed by atoms with van der Waals surface area (Å²) in [6.45, 7) is 4.70. The Morgan fingerprint density at radius 2 is 2.20 bits per heavy atom. The lowest BCUT2D eigenvalue weighted by Crippen LogP contribution is -2.05. The molecular weight excluding hydrogens is 120 g/mol. The average Bonchev–Trinajstić information content (AvgIpc) is 2.35. The summed E-state index contributed by atoms with van der Waals surface area (Å²) in [7, 11) is 0. The van der Waals surface area contributed by atoms with Crippen LogP contribution in [0.4, 0.5) is 0 Å². The molecule has 0 aliphatic heterocycles. The van der Waals surface area contributed by atoms with Gasteiger partial charge in [0.2, 0.25) is 0 Å². The van der Waals surface area contributed by atoms with Gasteiger partial charge in [0.05, 0.1) is 0 Å². The molecule has 0 N–H and O–H groups in total. The predicted molar refractivity (Wildman–Crippen MR) is 43.8 cm³/mol. The minimum absolute atomic E-state index is 0.968. The number of rotatable bonds is 0. The van der Waals surface area contributed by atoms with E-state index in [4.69, 9.17) is 0 Å². The van der Waals surface area contributed by atoms with Gasteiger partial charge >= 0.3 is 0 Å². The first-order valence-corrected chi connectivity index (χ1v) is 4.44. The summed E-state index contributed by atoms with van der Waals surface area (Å²) in [6, 6.07) is 0. The second kappa shape index (κ2) is 2.11. The summed E-state index contributed by atoms with van der Waals surface area (Å²) >= 11 is 0. The third-order valence-electron chi connectivity index (χ3n) is 3.29. The number of fused-ring (bicyclic) bond motifs is 1. The molecule has 0 aromatic rings. The van der Waals surface area contributed by atoms with Gasteiger partial charge in [0.15, 0.2) is 0 Å². The van der Waals surface area contributed by atoms with Gasteiger partial charge in [-0.2, -0.15) is 0 Å². The van der Waals surface area contributed by atoms with Gasteiger partial charge in [-0.25, -0.2) is 0 Å². The van der Waals surface area contributed by atoms with Gasteiger partial charge < -0.3 is 0 Å². The van der Waals surface area contributed by atoms with Crippen LogP contribution in [-0.2, 0) is 0 Å². The molecule has 2 aliphatic rings. The van der Waals surface area contributed by atoms with Crippen LogP contribution < -0.4 is 0 Å². The third kappa shape index (κ3) is 0.817. The molecule has 0 heterocycles. The summed E-state index contributed by atoms with van der Waals surface area (Å²) in [5, 5.41) is 0. The Morgan fingerprint density at radius 1 is 1.40 bits per heavy atom. The van der Waals surface area contributed by atoms with Crippen LogP contribution in [0.2, 0.25) is 0 Å². The highest BCUT2D eigenvalue weighted by Crippen LogP contribution is 2.45. The van der Waals surface area contributed by atoms with Gasteiger partial charge in [-0.05, 0) is 43.9 Å². The standard InChI is InChI=1S/C10H16/c1-7-5-9-4-3-8(2)10(9)6-7/h5,8-10H,3-4,6H2,1-2H3/t8?,9-,10?/m0/s1. The monoisotopic (exact) mass is 136 g/mol. The lowest BCUT2D eigenvalue weighted by Gasteiger charge is -2.12. The largest absolute Gasteiger partial charge is 0.0822 e. The normalized spacial score (nSPS) is 45.4. The Kier molecular flexibility index (Phi) is 1.36. The molecule has 2 aliphatic carbocycles. The van der Waals surface area contributed by atoms with E-state index < -0.39 is 0 Å². The van der Waals surface area contributed by atoms with Crippen molar-refractivity contribution in [1.29, 1.82) is 0 Å². The number of hydrogen-bond donors (Lipinski definition) is 0. The smallest absolute Gasteiger partial charge is 0.0197 e.